The maximum atomic E-state index is 9.19. The van der Waals surface area contributed by atoms with Crippen LogP contribution in [0.25, 0.3) is 0 Å². The van der Waals surface area contributed by atoms with E-state index in [1.807, 2.05) is 12.2 Å². The molecular formula is C10H18O. The molecule has 0 aliphatic carbocycles. The summed E-state index contributed by atoms with van der Waals surface area (Å²) in [6.07, 6.45) is 9.43. The Bertz CT molecular complexity index is 116. The van der Waals surface area contributed by atoms with Crippen molar-refractivity contribution in [1.82, 2.24) is 0 Å². The van der Waals surface area contributed by atoms with Crippen LogP contribution in [-0.2, 0) is 0 Å². The van der Waals surface area contributed by atoms with Gasteiger partial charge in [-0.1, -0.05) is 38.0 Å². The summed E-state index contributed by atoms with van der Waals surface area (Å²) < 4.78 is 0. The zero-order valence-electron chi connectivity index (χ0n) is 7.29. The predicted octanol–water partition coefficient (Wildman–Crippen LogP) is 2.67. The number of unbranched alkanes of at least 4 members (excludes halogenated alkanes) is 2. The fourth-order valence-corrected chi connectivity index (χ4v) is 0.825. The molecule has 0 aromatic heterocycles. The van der Waals surface area contributed by atoms with Crippen molar-refractivity contribution >= 4 is 0 Å². The first-order chi connectivity index (χ1) is 5.31. The third kappa shape index (κ3) is 7.34. The third-order valence-corrected chi connectivity index (χ3v) is 1.49. The molecule has 0 amide bonds. The van der Waals surface area contributed by atoms with Crippen LogP contribution in [0.15, 0.2) is 24.8 Å². The smallest absolute Gasteiger partial charge is 0.0755 e. The summed E-state index contributed by atoms with van der Waals surface area (Å²) in [7, 11) is 0. The maximum Gasteiger partial charge on any atom is 0.0755 e. The summed E-state index contributed by atoms with van der Waals surface area (Å²) >= 11 is 0. The fraction of sp³-hybridized carbons (Fsp3) is 0.600. The lowest BCUT2D eigenvalue weighted by Crippen LogP contribution is -1.98. The lowest BCUT2D eigenvalue weighted by Gasteiger charge is -1.98. The molecule has 1 unspecified atom stereocenters. The minimum Gasteiger partial charge on any atom is -0.389 e. The van der Waals surface area contributed by atoms with E-state index in [0.29, 0.717) is 6.42 Å². The lowest BCUT2D eigenvalue weighted by atomic mass is 10.2. The SMILES string of the molecule is C=CCC(O)/C=C/CCCC. The van der Waals surface area contributed by atoms with Crippen molar-refractivity contribution < 1.29 is 5.11 Å². The van der Waals surface area contributed by atoms with Crippen molar-refractivity contribution in [3.8, 4) is 0 Å². The van der Waals surface area contributed by atoms with Crippen LogP contribution in [0.4, 0.5) is 0 Å². The van der Waals surface area contributed by atoms with Crippen LogP contribution in [0.3, 0.4) is 0 Å². The zero-order valence-corrected chi connectivity index (χ0v) is 7.29. The summed E-state index contributed by atoms with van der Waals surface area (Å²) in [5, 5.41) is 9.19. The van der Waals surface area contributed by atoms with Gasteiger partial charge in [0.2, 0.25) is 0 Å². The predicted molar refractivity (Wildman–Crippen MR) is 49.5 cm³/mol. The molecule has 0 bridgehead atoms. The Morgan fingerprint density at radius 2 is 2.27 bits per heavy atom. The van der Waals surface area contributed by atoms with Gasteiger partial charge in [0.05, 0.1) is 6.10 Å². The molecule has 0 fully saturated rings. The minimum atomic E-state index is -0.329. The number of hydrogen-bond donors (Lipinski definition) is 1. The molecule has 0 spiro atoms. The van der Waals surface area contributed by atoms with Gasteiger partial charge in [0.25, 0.3) is 0 Å². The molecule has 1 heteroatoms. The molecule has 0 saturated carbocycles. The van der Waals surface area contributed by atoms with E-state index in [1.54, 1.807) is 6.08 Å². The molecule has 1 nitrogen and oxygen atoms in total. The average Bonchev–Trinajstić information content (AvgIpc) is 1.99. The van der Waals surface area contributed by atoms with E-state index in [1.165, 1.54) is 12.8 Å². The highest BCUT2D eigenvalue weighted by Gasteiger charge is 1.91. The Hall–Kier alpha value is -0.560. The van der Waals surface area contributed by atoms with Crippen LogP contribution in [0.5, 0.6) is 0 Å². The van der Waals surface area contributed by atoms with Gasteiger partial charge in [0.1, 0.15) is 0 Å². The quantitative estimate of drug-likeness (QED) is 0.460. The van der Waals surface area contributed by atoms with Gasteiger partial charge in [-0.15, -0.1) is 6.58 Å². The maximum absolute atomic E-state index is 9.19. The molecule has 0 saturated heterocycles. The Labute approximate surface area is 69.4 Å². The monoisotopic (exact) mass is 154 g/mol. The first-order valence-corrected chi connectivity index (χ1v) is 4.26. The van der Waals surface area contributed by atoms with E-state index in [9.17, 15) is 5.11 Å². The number of allylic oxidation sites excluding steroid dienone is 1. The topological polar surface area (TPSA) is 20.2 Å². The molecule has 0 aromatic rings. The zero-order chi connectivity index (χ0) is 8.53. The Morgan fingerprint density at radius 3 is 2.82 bits per heavy atom. The fourth-order valence-electron chi connectivity index (χ4n) is 0.825. The molecular weight excluding hydrogens is 136 g/mol. The van der Waals surface area contributed by atoms with Gasteiger partial charge in [0.15, 0.2) is 0 Å². The molecule has 0 rings (SSSR count). The van der Waals surface area contributed by atoms with Gasteiger partial charge in [-0.25, -0.2) is 0 Å². The van der Waals surface area contributed by atoms with Crippen LogP contribution in [-0.4, -0.2) is 11.2 Å². The summed E-state index contributed by atoms with van der Waals surface area (Å²) in [5.41, 5.74) is 0. The van der Waals surface area contributed by atoms with Crippen molar-refractivity contribution in [2.45, 2.75) is 38.7 Å². The first-order valence-electron chi connectivity index (χ1n) is 4.26. The number of hydrogen-bond acceptors (Lipinski definition) is 1. The largest absolute Gasteiger partial charge is 0.389 e. The van der Waals surface area contributed by atoms with Crippen LogP contribution in [0, 0.1) is 0 Å². The number of aliphatic hydroxyl groups excluding tert-OH is 1. The van der Waals surface area contributed by atoms with Crippen LogP contribution < -0.4 is 0 Å². The number of aliphatic hydroxyl groups is 1. The molecule has 0 aliphatic heterocycles. The van der Waals surface area contributed by atoms with Crippen molar-refractivity contribution in [2.24, 2.45) is 0 Å². The average molecular weight is 154 g/mol. The highest BCUT2D eigenvalue weighted by Crippen LogP contribution is 1.99. The van der Waals surface area contributed by atoms with E-state index < -0.39 is 0 Å². The second-order valence-corrected chi connectivity index (χ2v) is 2.66. The summed E-state index contributed by atoms with van der Waals surface area (Å²) in [6.45, 7) is 5.71. The minimum absolute atomic E-state index is 0.329. The Balaban J connectivity index is 3.31. The van der Waals surface area contributed by atoms with E-state index in [-0.39, 0.29) is 6.10 Å². The Morgan fingerprint density at radius 1 is 1.55 bits per heavy atom. The first kappa shape index (κ1) is 10.4. The molecule has 0 heterocycles. The van der Waals surface area contributed by atoms with E-state index in [4.69, 9.17) is 0 Å². The summed E-state index contributed by atoms with van der Waals surface area (Å²) in [6, 6.07) is 0. The number of rotatable bonds is 6. The molecule has 0 radical (unpaired) electrons. The van der Waals surface area contributed by atoms with Crippen molar-refractivity contribution in [2.75, 3.05) is 0 Å². The van der Waals surface area contributed by atoms with Gasteiger partial charge in [-0.3, -0.25) is 0 Å². The van der Waals surface area contributed by atoms with Gasteiger partial charge in [-0.2, -0.15) is 0 Å². The van der Waals surface area contributed by atoms with Gasteiger partial charge in [0, 0.05) is 0 Å². The van der Waals surface area contributed by atoms with E-state index >= 15 is 0 Å². The van der Waals surface area contributed by atoms with Crippen molar-refractivity contribution in [3.63, 3.8) is 0 Å². The molecule has 0 aliphatic rings. The van der Waals surface area contributed by atoms with Crippen LogP contribution in [0.2, 0.25) is 0 Å². The molecule has 11 heavy (non-hydrogen) atoms. The summed E-state index contributed by atoms with van der Waals surface area (Å²) in [4.78, 5) is 0. The third-order valence-electron chi connectivity index (χ3n) is 1.49. The van der Waals surface area contributed by atoms with Gasteiger partial charge in [-0.05, 0) is 12.8 Å². The standard InChI is InChI=1S/C10H18O/c1-3-5-6-7-9-10(11)8-4-2/h4,7,9-11H,2-3,5-6,8H2,1H3/b9-7+. The normalized spacial score (nSPS) is 13.6. The van der Waals surface area contributed by atoms with Crippen LogP contribution in [0.1, 0.15) is 32.6 Å². The molecule has 1 atom stereocenters. The van der Waals surface area contributed by atoms with Gasteiger partial charge >= 0.3 is 0 Å². The van der Waals surface area contributed by atoms with E-state index in [0.717, 1.165) is 6.42 Å². The van der Waals surface area contributed by atoms with Crippen LogP contribution >= 0.6 is 0 Å². The molecule has 0 aromatic carbocycles. The lowest BCUT2D eigenvalue weighted by molar-refractivity contribution is 0.226. The molecule has 64 valence electrons. The highest BCUT2D eigenvalue weighted by atomic mass is 16.3. The van der Waals surface area contributed by atoms with Gasteiger partial charge < -0.3 is 5.11 Å². The summed E-state index contributed by atoms with van der Waals surface area (Å²) in [5.74, 6) is 0. The second-order valence-electron chi connectivity index (χ2n) is 2.66. The van der Waals surface area contributed by atoms with E-state index in [2.05, 4.69) is 13.5 Å². The Kier molecular flexibility index (Phi) is 7.16. The van der Waals surface area contributed by atoms with Crippen molar-refractivity contribution in [1.29, 1.82) is 0 Å². The van der Waals surface area contributed by atoms with Crippen molar-refractivity contribution in [3.05, 3.63) is 24.8 Å². The molecule has 1 N–H and O–H groups in total. The second kappa shape index (κ2) is 7.55. The highest BCUT2D eigenvalue weighted by molar-refractivity contribution is 4.91.